The average Bonchev–Trinajstić information content (AvgIpc) is 2.41. The Morgan fingerprint density at radius 1 is 1.10 bits per heavy atom. The van der Waals surface area contributed by atoms with Crippen molar-refractivity contribution in [3.8, 4) is 0 Å². The molecule has 0 N–H and O–H groups in total. The Bertz CT molecular complexity index is 832. The number of ketones is 1. The highest BCUT2D eigenvalue weighted by Crippen LogP contribution is 2.40. The standard InChI is InChI=1S/C13H8Cl2N2O3S/c14-7-2-1-3-8(15)10(7)13-12(18)11-9(6-21(13,19)20)16-4-5-17-11/h1-5,13H,6H2. The third-order valence-electron chi connectivity index (χ3n) is 3.20. The van der Waals surface area contributed by atoms with Crippen LogP contribution < -0.4 is 0 Å². The van der Waals surface area contributed by atoms with Crippen LogP contribution in [-0.4, -0.2) is 24.2 Å². The lowest BCUT2D eigenvalue weighted by Crippen LogP contribution is -2.32. The summed E-state index contributed by atoms with van der Waals surface area (Å²) in [6.45, 7) is 0. The minimum Gasteiger partial charge on any atom is -0.291 e. The Labute approximate surface area is 130 Å². The molecule has 21 heavy (non-hydrogen) atoms. The maximum absolute atomic E-state index is 12.5. The summed E-state index contributed by atoms with van der Waals surface area (Å²) in [5.74, 6) is -1.02. The van der Waals surface area contributed by atoms with Crippen LogP contribution in [0.2, 0.25) is 10.0 Å². The van der Waals surface area contributed by atoms with Gasteiger partial charge in [-0.25, -0.2) is 13.4 Å². The highest BCUT2D eigenvalue weighted by Gasteiger charge is 2.44. The molecule has 0 radical (unpaired) electrons. The van der Waals surface area contributed by atoms with E-state index < -0.39 is 20.9 Å². The topological polar surface area (TPSA) is 77.0 Å². The molecule has 0 aliphatic carbocycles. The summed E-state index contributed by atoms with van der Waals surface area (Å²) in [6.07, 6.45) is 2.70. The Morgan fingerprint density at radius 3 is 2.38 bits per heavy atom. The predicted octanol–water partition coefficient (Wildman–Crippen LogP) is 2.64. The van der Waals surface area contributed by atoms with Crippen LogP contribution in [0.25, 0.3) is 0 Å². The molecular weight excluding hydrogens is 335 g/mol. The van der Waals surface area contributed by atoms with Crippen LogP contribution in [-0.2, 0) is 15.6 Å². The molecule has 0 saturated heterocycles. The highest BCUT2D eigenvalue weighted by molar-refractivity contribution is 7.91. The summed E-state index contributed by atoms with van der Waals surface area (Å²) in [7, 11) is -3.81. The molecule has 0 amide bonds. The summed E-state index contributed by atoms with van der Waals surface area (Å²) in [4.78, 5) is 20.4. The minimum atomic E-state index is -3.81. The van der Waals surface area contributed by atoms with E-state index in [2.05, 4.69) is 9.97 Å². The van der Waals surface area contributed by atoms with Gasteiger partial charge in [0.25, 0.3) is 0 Å². The summed E-state index contributed by atoms with van der Waals surface area (Å²) in [6, 6.07) is 4.58. The van der Waals surface area contributed by atoms with Crippen LogP contribution in [0, 0.1) is 0 Å². The molecule has 1 aliphatic heterocycles. The van der Waals surface area contributed by atoms with E-state index in [0.717, 1.165) is 0 Å². The van der Waals surface area contributed by atoms with Gasteiger partial charge in [-0.2, -0.15) is 0 Å². The van der Waals surface area contributed by atoms with E-state index in [9.17, 15) is 13.2 Å². The lowest BCUT2D eigenvalue weighted by Gasteiger charge is -2.23. The second-order valence-electron chi connectivity index (χ2n) is 4.54. The van der Waals surface area contributed by atoms with E-state index in [-0.39, 0.29) is 32.7 Å². The smallest absolute Gasteiger partial charge is 0.205 e. The number of sulfone groups is 1. The van der Waals surface area contributed by atoms with Gasteiger partial charge >= 0.3 is 0 Å². The van der Waals surface area contributed by atoms with Crippen molar-refractivity contribution in [1.29, 1.82) is 0 Å². The highest BCUT2D eigenvalue weighted by atomic mass is 35.5. The number of rotatable bonds is 1. The van der Waals surface area contributed by atoms with Crippen LogP contribution in [0.4, 0.5) is 0 Å². The van der Waals surface area contributed by atoms with Crippen LogP contribution in [0.5, 0.6) is 0 Å². The molecule has 8 heteroatoms. The van der Waals surface area contributed by atoms with Gasteiger partial charge in [-0.3, -0.25) is 9.78 Å². The summed E-state index contributed by atoms with van der Waals surface area (Å²) >= 11 is 12.1. The number of carbonyl (C=O) groups is 1. The molecule has 0 bridgehead atoms. The van der Waals surface area contributed by atoms with Gasteiger partial charge in [0.1, 0.15) is 5.69 Å². The second-order valence-corrected chi connectivity index (χ2v) is 7.44. The molecule has 108 valence electrons. The number of fused-ring (bicyclic) bond motifs is 1. The van der Waals surface area contributed by atoms with Crippen molar-refractivity contribution < 1.29 is 13.2 Å². The molecule has 1 atom stereocenters. The first kappa shape index (κ1) is 14.4. The van der Waals surface area contributed by atoms with E-state index >= 15 is 0 Å². The fourth-order valence-corrected chi connectivity index (χ4v) is 4.87. The van der Waals surface area contributed by atoms with Crippen molar-refractivity contribution in [3.63, 3.8) is 0 Å². The number of Topliss-reactive ketones (excluding diaryl/α,β-unsaturated/α-hetero) is 1. The van der Waals surface area contributed by atoms with Gasteiger partial charge in [0.15, 0.2) is 15.1 Å². The number of halogens is 2. The van der Waals surface area contributed by atoms with Crippen molar-refractivity contribution in [2.75, 3.05) is 0 Å². The molecule has 3 rings (SSSR count). The first-order valence-electron chi connectivity index (χ1n) is 5.91. The molecule has 1 aromatic carbocycles. The molecule has 0 fully saturated rings. The predicted molar refractivity (Wildman–Crippen MR) is 78.2 cm³/mol. The zero-order valence-corrected chi connectivity index (χ0v) is 12.8. The van der Waals surface area contributed by atoms with E-state index in [1.165, 1.54) is 24.5 Å². The molecular formula is C13H8Cl2N2O3S. The van der Waals surface area contributed by atoms with Gasteiger partial charge in [0.05, 0.1) is 11.4 Å². The van der Waals surface area contributed by atoms with Gasteiger partial charge in [0, 0.05) is 28.0 Å². The van der Waals surface area contributed by atoms with Crippen LogP contribution >= 0.6 is 23.2 Å². The SMILES string of the molecule is O=C1c2nccnc2CS(=O)(=O)C1c1c(Cl)cccc1Cl. The van der Waals surface area contributed by atoms with Crippen molar-refractivity contribution in [2.45, 2.75) is 11.0 Å². The van der Waals surface area contributed by atoms with Crippen molar-refractivity contribution in [2.24, 2.45) is 0 Å². The summed E-state index contributed by atoms with van der Waals surface area (Å²) in [5.41, 5.74) is 0.303. The maximum atomic E-state index is 12.5. The van der Waals surface area contributed by atoms with Crippen molar-refractivity contribution in [1.82, 2.24) is 9.97 Å². The first-order valence-corrected chi connectivity index (χ1v) is 8.38. The van der Waals surface area contributed by atoms with Crippen LogP contribution in [0.1, 0.15) is 27.0 Å². The van der Waals surface area contributed by atoms with Gasteiger partial charge in [-0.15, -0.1) is 0 Å². The fourth-order valence-electron chi connectivity index (χ4n) is 2.31. The maximum Gasteiger partial charge on any atom is 0.205 e. The number of nitrogens with zero attached hydrogens (tertiary/aromatic N) is 2. The molecule has 2 heterocycles. The van der Waals surface area contributed by atoms with Crippen LogP contribution in [0.3, 0.4) is 0 Å². The molecule has 0 spiro atoms. The number of carbonyl (C=O) groups excluding carboxylic acids is 1. The zero-order chi connectivity index (χ0) is 15.2. The quantitative estimate of drug-likeness (QED) is 0.796. The van der Waals surface area contributed by atoms with Gasteiger partial charge < -0.3 is 0 Å². The second kappa shape index (κ2) is 5.05. The number of hydrogen-bond donors (Lipinski definition) is 0. The third kappa shape index (κ3) is 2.33. The number of aromatic nitrogens is 2. The zero-order valence-electron chi connectivity index (χ0n) is 10.5. The van der Waals surface area contributed by atoms with E-state index in [0.29, 0.717) is 0 Å². The summed E-state index contributed by atoms with van der Waals surface area (Å²) < 4.78 is 24.9. The Balaban J connectivity index is 2.26. The molecule has 1 aromatic heterocycles. The average molecular weight is 343 g/mol. The van der Waals surface area contributed by atoms with E-state index in [1.54, 1.807) is 6.07 Å². The molecule has 2 aromatic rings. The molecule has 1 aliphatic rings. The Hall–Kier alpha value is -1.50. The normalized spacial score (nSPS) is 20.1. The molecule has 5 nitrogen and oxygen atoms in total. The van der Waals surface area contributed by atoms with Crippen molar-refractivity contribution >= 4 is 38.8 Å². The number of benzene rings is 1. The Kier molecular flexibility index (Phi) is 3.47. The summed E-state index contributed by atoms with van der Waals surface area (Å²) in [5, 5.41) is -1.17. The number of hydrogen-bond acceptors (Lipinski definition) is 5. The van der Waals surface area contributed by atoms with Crippen molar-refractivity contribution in [3.05, 3.63) is 57.6 Å². The van der Waals surface area contributed by atoms with Gasteiger partial charge in [0.2, 0.25) is 5.78 Å². The largest absolute Gasteiger partial charge is 0.291 e. The van der Waals surface area contributed by atoms with Gasteiger partial charge in [-0.1, -0.05) is 29.3 Å². The minimum absolute atomic E-state index is 0.0494. The fraction of sp³-hybridized carbons (Fsp3) is 0.154. The van der Waals surface area contributed by atoms with E-state index in [1.807, 2.05) is 0 Å². The Morgan fingerprint density at radius 2 is 1.71 bits per heavy atom. The lowest BCUT2D eigenvalue weighted by molar-refractivity contribution is 0.0978. The van der Waals surface area contributed by atoms with Gasteiger partial charge in [-0.05, 0) is 12.1 Å². The van der Waals surface area contributed by atoms with Crippen LogP contribution in [0.15, 0.2) is 30.6 Å². The molecule has 0 saturated carbocycles. The monoisotopic (exact) mass is 342 g/mol. The first-order chi connectivity index (χ1) is 9.92. The molecule has 1 unspecified atom stereocenters. The lowest BCUT2D eigenvalue weighted by atomic mass is 10.0. The van der Waals surface area contributed by atoms with E-state index in [4.69, 9.17) is 23.2 Å². The third-order valence-corrected chi connectivity index (χ3v) is 5.71.